The summed E-state index contributed by atoms with van der Waals surface area (Å²) >= 11 is 12.0. The lowest BCUT2D eigenvalue weighted by molar-refractivity contribution is 0.399. The van der Waals surface area contributed by atoms with Gasteiger partial charge in [-0.15, -0.1) is 11.6 Å². The van der Waals surface area contributed by atoms with Crippen LogP contribution < -0.4 is 4.74 Å². The number of ether oxygens (including phenoxy) is 1. The van der Waals surface area contributed by atoms with Crippen LogP contribution in [0.25, 0.3) is 16.9 Å². The van der Waals surface area contributed by atoms with Gasteiger partial charge in [0.05, 0.1) is 12.8 Å². The maximum atomic E-state index is 6.10. The second-order valence-electron chi connectivity index (χ2n) is 4.48. The van der Waals surface area contributed by atoms with Crippen LogP contribution in [0.15, 0.2) is 36.4 Å². The first-order valence-electron chi connectivity index (χ1n) is 6.47. The van der Waals surface area contributed by atoms with Crippen LogP contribution >= 0.6 is 23.2 Å². The Morgan fingerprint density at radius 3 is 2.76 bits per heavy atom. The number of benzene rings is 1. The number of pyridine rings is 1. The first kappa shape index (κ1) is 14.2. The zero-order chi connectivity index (χ0) is 14.8. The van der Waals surface area contributed by atoms with Gasteiger partial charge < -0.3 is 4.74 Å². The molecule has 108 valence electrons. The summed E-state index contributed by atoms with van der Waals surface area (Å²) in [6.45, 7) is 0. The molecule has 4 nitrogen and oxygen atoms in total. The van der Waals surface area contributed by atoms with Gasteiger partial charge in [0.25, 0.3) is 0 Å². The molecule has 2 aromatic heterocycles. The number of alkyl halides is 1. The van der Waals surface area contributed by atoms with Crippen molar-refractivity contribution in [3.8, 4) is 11.6 Å². The molecule has 0 aliphatic rings. The van der Waals surface area contributed by atoms with Gasteiger partial charge in [0.1, 0.15) is 11.3 Å². The summed E-state index contributed by atoms with van der Waals surface area (Å²) in [5.74, 6) is 1.88. The van der Waals surface area contributed by atoms with Gasteiger partial charge in [-0.05, 0) is 24.3 Å². The minimum absolute atomic E-state index is 0.487. The smallest absolute Gasteiger partial charge is 0.215 e. The van der Waals surface area contributed by atoms with Crippen molar-refractivity contribution >= 4 is 34.4 Å². The van der Waals surface area contributed by atoms with Crippen LogP contribution in [0.4, 0.5) is 0 Å². The van der Waals surface area contributed by atoms with E-state index in [-0.39, 0.29) is 0 Å². The lowest BCUT2D eigenvalue weighted by Crippen LogP contribution is -2.03. The van der Waals surface area contributed by atoms with Gasteiger partial charge in [0.15, 0.2) is 5.65 Å². The minimum atomic E-state index is 0.487. The maximum absolute atomic E-state index is 6.10. The molecule has 0 bridgehead atoms. The number of fused-ring (bicyclic) bond motifs is 1. The summed E-state index contributed by atoms with van der Waals surface area (Å²) in [5, 5.41) is 0.661. The second-order valence-corrected chi connectivity index (χ2v) is 5.29. The highest BCUT2D eigenvalue weighted by Crippen LogP contribution is 2.24. The molecule has 6 heteroatoms. The summed E-state index contributed by atoms with van der Waals surface area (Å²) in [5.41, 5.74) is 2.44. The third kappa shape index (κ3) is 2.69. The van der Waals surface area contributed by atoms with Gasteiger partial charge in [0.2, 0.25) is 5.88 Å². The van der Waals surface area contributed by atoms with Crippen molar-refractivity contribution in [3.05, 3.63) is 47.2 Å². The SMILES string of the molecule is COc1ccc2nc(CCCl)n(-c3cccc(Cl)c3)c2n1. The second kappa shape index (κ2) is 5.92. The number of hydrogen-bond acceptors (Lipinski definition) is 3. The van der Waals surface area contributed by atoms with E-state index < -0.39 is 0 Å². The van der Waals surface area contributed by atoms with Crippen molar-refractivity contribution in [2.75, 3.05) is 13.0 Å². The van der Waals surface area contributed by atoms with E-state index in [1.165, 1.54) is 0 Å². The van der Waals surface area contributed by atoms with Gasteiger partial charge in [-0.3, -0.25) is 4.57 Å². The summed E-state index contributed by atoms with van der Waals surface area (Å²) in [6, 6.07) is 11.3. The largest absolute Gasteiger partial charge is 0.481 e. The Balaban J connectivity index is 2.28. The molecule has 0 saturated heterocycles. The van der Waals surface area contributed by atoms with E-state index in [0.29, 0.717) is 23.2 Å². The number of hydrogen-bond donors (Lipinski definition) is 0. The number of halogens is 2. The molecule has 1 aromatic carbocycles. The van der Waals surface area contributed by atoms with E-state index in [1.54, 1.807) is 13.2 Å². The van der Waals surface area contributed by atoms with Gasteiger partial charge in [-0.2, -0.15) is 4.98 Å². The molecule has 0 aliphatic heterocycles. The molecule has 0 aliphatic carbocycles. The van der Waals surface area contributed by atoms with Gasteiger partial charge in [-0.1, -0.05) is 17.7 Å². The van der Waals surface area contributed by atoms with E-state index in [4.69, 9.17) is 27.9 Å². The maximum Gasteiger partial charge on any atom is 0.215 e. The molecular weight excluding hydrogens is 309 g/mol. The van der Waals surface area contributed by atoms with Gasteiger partial charge >= 0.3 is 0 Å². The fraction of sp³-hybridized carbons (Fsp3) is 0.200. The monoisotopic (exact) mass is 321 g/mol. The number of nitrogens with zero attached hydrogens (tertiary/aromatic N) is 3. The Labute approximate surface area is 132 Å². The number of aromatic nitrogens is 3. The molecule has 0 atom stereocenters. The first-order valence-corrected chi connectivity index (χ1v) is 7.38. The lowest BCUT2D eigenvalue weighted by Gasteiger charge is -2.08. The normalized spacial score (nSPS) is 11.0. The van der Waals surface area contributed by atoms with Crippen molar-refractivity contribution in [2.24, 2.45) is 0 Å². The Morgan fingerprint density at radius 2 is 2.05 bits per heavy atom. The number of imidazole rings is 1. The molecule has 0 amide bonds. The van der Waals surface area contributed by atoms with Crippen LogP contribution in [-0.2, 0) is 6.42 Å². The zero-order valence-corrected chi connectivity index (χ0v) is 12.9. The van der Waals surface area contributed by atoms with Crippen molar-refractivity contribution in [2.45, 2.75) is 6.42 Å². The van der Waals surface area contributed by atoms with Crippen LogP contribution in [0, 0.1) is 0 Å². The molecule has 0 spiro atoms. The molecule has 0 saturated carbocycles. The van der Waals surface area contributed by atoms with Crippen molar-refractivity contribution in [1.82, 2.24) is 14.5 Å². The minimum Gasteiger partial charge on any atom is -0.481 e. The Morgan fingerprint density at radius 1 is 1.19 bits per heavy atom. The molecule has 0 radical (unpaired) electrons. The molecule has 3 aromatic rings. The highest BCUT2D eigenvalue weighted by molar-refractivity contribution is 6.30. The predicted octanol–water partition coefficient (Wildman–Crippen LogP) is 3.86. The fourth-order valence-electron chi connectivity index (χ4n) is 2.24. The van der Waals surface area contributed by atoms with Crippen molar-refractivity contribution < 1.29 is 4.74 Å². The average molecular weight is 322 g/mol. The zero-order valence-electron chi connectivity index (χ0n) is 11.4. The van der Waals surface area contributed by atoms with E-state index >= 15 is 0 Å². The van der Waals surface area contributed by atoms with Gasteiger partial charge in [-0.25, -0.2) is 4.98 Å². The number of rotatable bonds is 4. The standard InChI is InChI=1S/C15H13Cl2N3O/c1-21-14-6-5-12-15(19-14)20(13(18-12)7-8-16)11-4-2-3-10(17)9-11/h2-6,9H,7-8H2,1H3. The Hall–Kier alpha value is -1.78. The molecule has 0 fully saturated rings. The number of methoxy groups -OCH3 is 1. The van der Waals surface area contributed by atoms with E-state index in [9.17, 15) is 0 Å². The third-order valence-corrected chi connectivity index (χ3v) is 3.57. The number of aryl methyl sites for hydroxylation is 1. The van der Waals surface area contributed by atoms with Crippen LogP contribution in [0.5, 0.6) is 5.88 Å². The molecule has 0 N–H and O–H groups in total. The summed E-state index contributed by atoms with van der Waals surface area (Å²) in [7, 11) is 1.59. The molecule has 3 rings (SSSR count). The van der Waals surface area contributed by atoms with Crippen LogP contribution in [0.2, 0.25) is 5.02 Å². The Kier molecular flexibility index (Phi) is 3.99. The van der Waals surface area contributed by atoms with E-state index in [0.717, 1.165) is 22.7 Å². The van der Waals surface area contributed by atoms with Crippen LogP contribution in [0.1, 0.15) is 5.82 Å². The third-order valence-electron chi connectivity index (χ3n) is 3.14. The van der Waals surface area contributed by atoms with Gasteiger partial charge in [0, 0.05) is 23.4 Å². The molecule has 21 heavy (non-hydrogen) atoms. The predicted molar refractivity (Wildman–Crippen MR) is 84.9 cm³/mol. The average Bonchev–Trinajstić information content (AvgIpc) is 2.84. The van der Waals surface area contributed by atoms with E-state index in [1.807, 2.05) is 34.9 Å². The summed E-state index contributed by atoms with van der Waals surface area (Å²) in [4.78, 5) is 9.10. The molecule has 0 unspecified atom stereocenters. The Bertz CT molecular complexity index is 786. The topological polar surface area (TPSA) is 39.9 Å². The summed E-state index contributed by atoms with van der Waals surface area (Å²) in [6.07, 6.45) is 0.646. The van der Waals surface area contributed by atoms with Crippen LogP contribution in [-0.4, -0.2) is 27.5 Å². The molecule has 2 heterocycles. The quantitative estimate of drug-likeness (QED) is 0.685. The molecular formula is C15H13Cl2N3O. The lowest BCUT2D eigenvalue weighted by atomic mass is 10.3. The highest BCUT2D eigenvalue weighted by atomic mass is 35.5. The summed E-state index contributed by atoms with van der Waals surface area (Å²) < 4.78 is 7.17. The highest BCUT2D eigenvalue weighted by Gasteiger charge is 2.14. The van der Waals surface area contributed by atoms with E-state index in [2.05, 4.69) is 9.97 Å². The van der Waals surface area contributed by atoms with Crippen molar-refractivity contribution in [1.29, 1.82) is 0 Å². The first-order chi connectivity index (χ1) is 10.2. The van der Waals surface area contributed by atoms with Crippen LogP contribution in [0.3, 0.4) is 0 Å². The van der Waals surface area contributed by atoms with Crippen molar-refractivity contribution in [3.63, 3.8) is 0 Å². The fourth-order valence-corrected chi connectivity index (χ4v) is 2.59.